The molecule has 3 N–H and O–H groups in total. The fourth-order valence-corrected chi connectivity index (χ4v) is 4.90. The lowest BCUT2D eigenvalue weighted by Crippen LogP contribution is -2.28. The lowest BCUT2D eigenvalue weighted by Gasteiger charge is -2.17. The number of fused-ring (bicyclic) bond motifs is 1. The first-order valence-corrected chi connectivity index (χ1v) is 11.0. The van der Waals surface area contributed by atoms with Crippen LogP contribution in [0.3, 0.4) is 0 Å². The van der Waals surface area contributed by atoms with Gasteiger partial charge in [0, 0.05) is 49.1 Å². The van der Waals surface area contributed by atoms with Gasteiger partial charge in [0.15, 0.2) is 17.5 Å². The van der Waals surface area contributed by atoms with E-state index in [0.717, 1.165) is 5.57 Å². The number of allylic oxidation sites excluding steroid dienone is 3. The van der Waals surface area contributed by atoms with Crippen molar-refractivity contribution in [1.29, 1.82) is 4.78 Å². The number of amides is 1. The Morgan fingerprint density at radius 3 is 2.62 bits per heavy atom. The smallest absolute Gasteiger partial charge is 0.272 e. The molecule has 2 aromatic rings. The Morgan fingerprint density at radius 2 is 1.97 bits per heavy atom. The van der Waals surface area contributed by atoms with Gasteiger partial charge in [-0.25, -0.2) is 22.3 Å². The average Bonchev–Trinajstić information content (AvgIpc) is 3.00. The van der Waals surface area contributed by atoms with Crippen LogP contribution in [0, 0.1) is 22.2 Å². The van der Waals surface area contributed by atoms with Gasteiger partial charge in [-0.15, -0.1) is 0 Å². The molecule has 0 bridgehead atoms. The number of benzene rings is 1. The molecule has 1 aliphatic heterocycles. The van der Waals surface area contributed by atoms with Gasteiger partial charge in [-0.3, -0.25) is 9.57 Å². The molecule has 32 heavy (non-hydrogen) atoms. The third-order valence-electron chi connectivity index (χ3n) is 5.21. The molecule has 1 amide bonds. The summed E-state index contributed by atoms with van der Waals surface area (Å²) < 4.78 is 66.7. The highest BCUT2D eigenvalue weighted by Crippen LogP contribution is 2.28. The third kappa shape index (κ3) is 4.46. The third-order valence-corrected chi connectivity index (χ3v) is 6.51. The summed E-state index contributed by atoms with van der Waals surface area (Å²) in [6, 6.07) is 1.21. The van der Waals surface area contributed by atoms with Gasteiger partial charge >= 0.3 is 0 Å². The minimum Gasteiger partial charge on any atom is -0.345 e. The number of carbonyl (C=O) groups is 1. The number of rotatable bonds is 4. The zero-order chi connectivity index (χ0) is 23.0. The fraction of sp³-hybridized carbons (Fsp3) is 0.227. The van der Waals surface area contributed by atoms with Crippen LogP contribution in [0.15, 0.2) is 53.1 Å². The minimum absolute atomic E-state index is 0.197. The van der Waals surface area contributed by atoms with Gasteiger partial charge in [-0.05, 0) is 17.3 Å². The van der Waals surface area contributed by atoms with Crippen molar-refractivity contribution in [2.24, 2.45) is 7.05 Å². The molecular weight excluding hydrogens is 444 g/mol. The van der Waals surface area contributed by atoms with Gasteiger partial charge in [-0.1, -0.05) is 36.0 Å². The van der Waals surface area contributed by atoms with E-state index in [2.05, 4.69) is 10.0 Å². The fourth-order valence-electron chi connectivity index (χ4n) is 3.66. The molecule has 0 radical (unpaired) electrons. The van der Waals surface area contributed by atoms with Gasteiger partial charge in [0.25, 0.3) is 5.91 Å². The predicted molar refractivity (Wildman–Crippen MR) is 115 cm³/mol. The maximum Gasteiger partial charge on any atom is 0.272 e. The van der Waals surface area contributed by atoms with E-state index in [9.17, 15) is 22.4 Å². The number of hydrogen-bond donors (Lipinski definition) is 3. The second-order valence-electron chi connectivity index (χ2n) is 7.56. The molecule has 168 valence electrons. The van der Waals surface area contributed by atoms with E-state index in [0.29, 0.717) is 35.4 Å². The SMILES string of the molecule is Cn1cc2c(c1C(=O)Nc1cc(F)c(F)c(F)c1)C=CC(CC1=CCC(F)C=C1)NS2=N. The zero-order valence-electron chi connectivity index (χ0n) is 17.0. The molecule has 4 rings (SSSR count). The van der Waals surface area contributed by atoms with Crippen molar-refractivity contribution in [3.63, 3.8) is 0 Å². The molecule has 3 unspecified atom stereocenters. The predicted octanol–water partition coefficient (Wildman–Crippen LogP) is 4.95. The number of alkyl halides is 1. The minimum atomic E-state index is -1.61. The molecule has 1 aromatic carbocycles. The summed E-state index contributed by atoms with van der Waals surface area (Å²) in [5.74, 6) is -5.07. The monoisotopic (exact) mass is 464 g/mol. The van der Waals surface area contributed by atoms with Crippen LogP contribution < -0.4 is 10.0 Å². The number of carbonyl (C=O) groups excluding carboxylic acids is 1. The Morgan fingerprint density at radius 1 is 1.25 bits per heavy atom. The van der Waals surface area contributed by atoms with E-state index in [1.54, 1.807) is 25.4 Å². The molecule has 2 aliphatic rings. The number of nitrogens with one attached hydrogen (secondary N) is 3. The van der Waals surface area contributed by atoms with E-state index in [1.165, 1.54) is 10.6 Å². The lowest BCUT2D eigenvalue weighted by molar-refractivity contribution is 0.101. The number of hydrogen-bond acceptors (Lipinski definition) is 2. The molecule has 3 atom stereocenters. The van der Waals surface area contributed by atoms with Crippen LogP contribution in [0.4, 0.5) is 23.2 Å². The van der Waals surface area contributed by atoms with Crippen LogP contribution in [0.1, 0.15) is 28.9 Å². The van der Waals surface area contributed by atoms with Crippen molar-refractivity contribution in [3.05, 3.63) is 76.9 Å². The van der Waals surface area contributed by atoms with Crippen molar-refractivity contribution >= 4 is 28.5 Å². The quantitative estimate of drug-likeness (QED) is 0.443. The van der Waals surface area contributed by atoms with E-state index in [4.69, 9.17) is 4.78 Å². The van der Waals surface area contributed by atoms with Gasteiger partial charge in [0.1, 0.15) is 11.9 Å². The second kappa shape index (κ2) is 8.87. The number of aryl methyl sites for hydroxylation is 1. The Kier molecular flexibility index (Phi) is 6.16. The Balaban J connectivity index is 1.59. The Bertz CT molecular complexity index is 1180. The molecule has 10 heteroatoms. The van der Waals surface area contributed by atoms with E-state index < -0.39 is 40.4 Å². The maximum atomic E-state index is 13.5. The Hall–Kier alpha value is -2.98. The van der Waals surface area contributed by atoms with Crippen molar-refractivity contribution in [2.45, 2.75) is 30.0 Å². The zero-order valence-corrected chi connectivity index (χ0v) is 17.8. The normalized spacial score (nSPS) is 22.3. The molecule has 0 spiro atoms. The highest BCUT2D eigenvalue weighted by molar-refractivity contribution is 7.84. The van der Waals surface area contributed by atoms with Gasteiger partial charge in [0.05, 0.1) is 4.90 Å². The Labute approximate surface area is 184 Å². The molecule has 2 heterocycles. The molecular formula is C22H20F4N4OS. The summed E-state index contributed by atoms with van der Waals surface area (Å²) in [4.78, 5) is 13.5. The maximum absolute atomic E-state index is 13.5. The highest BCUT2D eigenvalue weighted by atomic mass is 32.2. The number of anilines is 1. The van der Waals surface area contributed by atoms with Crippen LogP contribution >= 0.6 is 0 Å². The van der Waals surface area contributed by atoms with Crippen molar-refractivity contribution < 1.29 is 22.4 Å². The first-order chi connectivity index (χ1) is 15.2. The largest absolute Gasteiger partial charge is 0.345 e. The topological polar surface area (TPSA) is 69.9 Å². The highest BCUT2D eigenvalue weighted by Gasteiger charge is 2.25. The van der Waals surface area contributed by atoms with Gasteiger partial charge in [0.2, 0.25) is 0 Å². The molecule has 0 saturated carbocycles. The first-order valence-electron chi connectivity index (χ1n) is 9.79. The van der Waals surface area contributed by atoms with Crippen molar-refractivity contribution in [1.82, 2.24) is 9.29 Å². The first kappa shape index (κ1) is 22.2. The number of nitrogens with zero attached hydrogens (tertiary/aromatic N) is 1. The van der Waals surface area contributed by atoms with Crippen LogP contribution in [-0.4, -0.2) is 22.7 Å². The van der Waals surface area contributed by atoms with Gasteiger partial charge in [-0.2, -0.15) is 0 Å². The number of aromatic nitrogens is 1. The van der Waals surface area contributed by atoms with Crippen molar-refractivity contribution in [2.75, 3.05) is 5.32 Å². The van der Waals surface area contributed by atoms with E-state index >= 15 is 0 Å². The molecule has 1 aliphatic carbocycles. The molecule has 0 saturated heterocycles. The molecule has 0 fully saturated rings. The van der Waals surface area contributed by atoms with E-state index in [1.807, 2.05) is 12.2 Å². The number of halogens is 4. The van der Waals surface area contributed by atoms with Crippen LogP contribution in [0.2, 0.25) is 0 Å². The van der Waals surface area contributed by atoms with Crippen LogP contribution in [-0.2, 0) is 17.9 Å². The van der Waals surface area contributed by atoms with E-state index in [-0.39, 0.29) is 17.4 Å². The van der Waals surface area contributed by atoms with Gasteiger partial charge < -0.3 is 9.88 Å². The van der Waals surface area contributed by atoms with Crippen molar-refractivity contribution in [3.8, 4) is 0 Å². The summed E-state index contributed by atoms with van der Waals surface area (Å²) in [6.07, 6.45) is 10.2. The van der Waals surface area contributed by atoms with Crippen LogP contribution in [0.25, 0.3) is 6.08 Å². The molecule has 1 aromatic heterocycles. The summed E-state index contributed by atoms with van der Waals surface area (Å²) in [5, 5.41) is 2.39. The summed E-state index contributed by atoms with van der Waals surface area (Å²) >= 11 is 0. The summed E-state index contributed by atoms with van der Waals surface area (Å²) in [7, 11) is 0.483. The molecule has 5 nitrogen and oxygen atoms in total. The summed E-state index contributed by atoms with van der Waals surface area (Å²) in [6.45, 7) is 0. The lowest BCUT2D eigenvalue weighted by atomic mass is 9.99. The standard InChI is InChI=1S/C22H20F4N4OS/c1-30-11-19-16(21(30)22(31)28-15-9-17(24)20(26)18(25)10-15)7-6-14(29-32(19)27)8-12-2-4-13(23)5-3-12/h2-4,6-7,9-11,13-14H,5,8H2,1H3,(H2,27,29)(H,28,31). The summed E-state index contributed by atoms with van der Waals surface area (Å²) in [5.41, 5.74) is 1.45. The van der Waals surface area contributed by atoms with Crippen LogP contribution in [0.5, 0.6) is 0 Å². The second-order valence-corrected chi connectivity index (χ2v) is 8.85. The average molecular weight is 464 g/mol.